The van der Waals surface area contributed by atoms with Crippen LogP contribution in [0.25, 0.3) is 0 Å². The van der Waals surface area contributed by atoms with E-state index in [9.17, 15) is 0 Å². The Hall–Kier alpha value is -0.410. The van der Waals surface area contributed by atoms with Gasteiger partial charge in [0, 0.05) is 19.3 Å². The molecule has 1 aliphatic rings. The van der Waals surface area contributed by atoms with Crippen LogP contribution >= 0.6 is 0 Å². The third kappa shape index (κ3) is 4.39. The summed E-state index contributed by atoms with van der Waals surface area (Å²) in [5.41, 5.74) is 0. The molecule has 0 amide bonds. The lowest BCUT2D eigenvalue weighted by Gasteiger charge is -2.11. The van der Waals surface area contributed by atoms with Crippen LogP contribution in [0.15, 0.2) is 4.99 Å². The summed E-state index contributed by atoms with van der Waals surface area (Å²) in [5.74, 6) is 0.877. The zero-order valence-corrected chi connectivity index (χ0v) is 9.03. The van der Waals surface area contributed by atoms with Crippen molar-refractivity contribution in [3.8, 4) is 0 Å². The summed E-state index contributed by atoms with van der Waals surface area (Å²) < 4.78 is 0. The summed E-state index contributed by atoms with van der Waals surface area (Å²) in [6.45, 7) is 6.64. The molecule has 1 atom stereocenters. The molecule has 0 radical (unpaired) electrons. The molecule has 0 aliphatic carbocycles. The molecule has 1 saturated heterocycles. The van der Waals surface area contributed by atoms with Gasteiger partial charge in [-0.1, -0.05) is 6.92 Å². The molecule has 1 fully saturated rings. The van der Waals surface area contributed by atoms with Crippen molar-refractivity contribution in [3.63, 3.8) is 0 Å². The van der Waals surface area contributed by atoms with Gasteiger partial charge in [0.15, 0.2) is 0 Å². The van der Waals surface area contributed by atoms with Crippen LogP contribution in [0.2, 0.25) is 0 Å². The lowest BCUT2D eigenvalue weighted by Crippen LogP contribution is -2.23. The first-order valence-corrected chi connectivity index (χ1v) is 5.04. The van der Waals surface area contributed by atoms with E-state index in [1.165, 1.54) is 19.5 Å². The van der Waals surface area contributed by atoms with Crippen LogP contribution in [0.5, 0.6) is 0 Å². The number of aliphatic imine (C=N–C) groups is 1. The lowest BCUT2D eigenvalue weighted by atomic mass is 10.2. The summed E-state index contributed by atoms with van der Waals surface area (Å²) in [5, 5.41) is 0. The molecular formula is C10H21N3. The van der Waals surface area contributed by atoms with Gasteiger partial charge in [0.1, 0.15) is 0 Å². The monoisotopic (exact) mass is 183 g/mol. The SMILES string of the molecule is CC1CCN(C/C=N\CN(C)C)C1. The van der Waals surface area contributed by atoms with E-state index in [4.69, 9.17) is 0 Å². The van der Waals surface area contributed by atoms with Gasteiger partial charge in [0.25, 0.3) is 0 Å². The molecule has 0 spiro atoms. The third-order valence-electron chi connectivity index (χ3n) is 2.34. The minimum atomic E-state index is 0.809. The van der Waals surface area contributed by atoms with Gasteiger partial charge in [-0.2, -0.15) is 0 Å². The summed E-state index contributed by atoms with van der Waals surface area (Å²) in [4.78, 5) is 8.85. The van der Waals surface area contributed by atoms with E-state index in [2.05, 4.69) is 21.7 Å². The van der Waals surface area contributed by atoms with Gasteiger partial charge >= 0.3 is 0 Å². The van der Waals surface area contributed by atoms with Gasteiger partial charge in [0.05, 0.1) is 6.67 Å². The Bertz CT molecular complexity index is 166. The van der Waals surface area contributed by atoms with Gasteiger partial charge in [0.2, 0.25) is 0 Å². The summed E-state index contributed by atoms with van der Waals surface area (Å²) >= 11 is 0. The number of likely N-dealkylation sites (tertiary alicyclic amines) is 1. The smallest absolute Gasteiger partial charge is 0.0901 e. The van der Waals surface area contributed by atoms with Crippen molar-refractivity contribution >= 4 is 6.21 Å². The van der Waals surface area contributed by atoms with Crippen molar-refractivity contribution in [1.29, 1.82) is 0 Å². The summed E-state index contributed by atoms with van der Waals surface area (Å²) in [7, 11) is 4.07. The van der Waals surface area contributed by atoms with E-state index < -0.39 is 0 Å². The molecule has 0 aromatic carbocycles. The molecule has 1 rings (SSSR count). The van der Waals surface area contributed by atoms with Gasteiger partial charge in [-0.3, -0.25) is 14.8 Å². The molecule has 0 bridgehead atoms. The zero-order valence-electron chi connectivity index (χ0n) is 9.03. The van der Waals surface area contributed by atoms with Crippen molar-refractivity contribution in [3.05, 3.63) is 0 Å². The van der Waals surface area contributed by atoms with Gasteiger partial charge in [-0.15, -0.1) is 0 Å². The van der Waals surface area contributed by atoms with E-state index in [0.29, 0.717) is 0 Å². The van der Waals surface area contributed by atoms with Gasteiger partial charge < -0.3 is 0 Å². The molecular weight excluding hydrogens is 162 g/mol. The minimum Gasteiger partial charge on any atom is -0.298 e. The molecule has 3 nitrogen and oxygen atoms in total. The first-order chi connectivity index (χ1) is 6.18. The standard InChI is InChI=1S/C10H21N3/c1-10-4-6-13(8-10)7-5-11-9-12(2)3/h5,10H,4,6-9H2,1-3H3/b11-5-. The Kier molecular flexibility index (Phi) is 4.39. The Morgan fingerprint density at radius 2 is 2.31 bits per heavy atom. The quantitative estimate of drug-likeness (QED) is 0.604. The van der Waals surface area contributed by atoms with Crippen molar-refractivity contribution in [2.24, 2.45) is 10.9 Å². The van der Waals surface area contributed by atoms with Crippen molar-refractivity contribution in [2.75, 3.05) is 40.4 Å². The van der Waals surface area contributed by atoms with Crippen LogP contribution in [0.1, 0.15) is 13.3 Å². The average molecular weight is 183 g/mol. The largest absolute Gasteiger partial charge is 0.298 e. The molecule has 1 heterocycles. The third-order valence-corrected chi connectivity index (χ3v) is 2.34. The highest BCUT2D eigenvalue weighted by molar-refractivity contribution is 5.59. The second kappa shape index (κ2) is 5.35. The lowest BCUT2D eigenvalue weighted by molar-refractivity contribution is 0.374. The number of rotatable bonds is 4. The summed E-state index contributed by atoms with van der Waals surface area (Å²) in [6.07, 6.45) is 3.39. The van der Waals surface area contributed by atoms with Crippen LogP contribution in [-0.4, -0.2) is 56.4 Å². The predicted molar refractivity (Wildman–Crippen MR) is 57.3 cm³/mol. The molecule has 76 valence electrons. The average Bonchev–Trinajstić information content (AvgIpc) is 2.45. The first-order valence-electron chi connectivity index (χ1n) is 5.04. The second-order valence-corrected chi connectivity index (χ2v) is 4.24. The number of hydrogen-bond donors (Lipinski definition) is 0. The highest BCUT2D eigenvalue weighted by Gasteiger charge is 2.16. The fraction of sp³-hybridized carbons (Fsp3) is 0.900. The molecule has 0 aromatic heterocycles. The maximum atomic E-state index is 4.32. The fourth-order valence-electron chi connectivity index (χ4n) is 1.59. The Morgan fingerprint density at radius 1 is 1.54 bits per heavy atom. The normalized spacial score (nSPS) is 25.1. The van der Waals surface area contributed by atoms with E-state index in [0.717, 1.165) is 19.1 Å². The van der Waals surface area contributed by atoms with Crippen LogP contribution in [0, 0.1) is 5.92 Å². The van der Waals surface area contributed by atoms with E-state index in [1.54, 1.807) is 0 Å². The van der Waals surface area contributed by atoms with Crippen LogP contribution in [0.3, 0.4) is 0 Å². The molecule has 1 unspecified atom stereocenters. The fourth-order valence-corrected chi connectivity index (χ4v) is 1.59. The Morgan fingerprint density at radius 3 is 2.85 bits per heavy atom. The predicted octanol–water partition coefficient (Wildman–Crippen LogP) is 0.918. The maximum Gasteiger partial charge on any atom is 0.0901 e. The van der Waals surface area contributed by atoms with Crippen molar-refractivity contribution < 1.29 is 0 Å². The molecule has 1 aliphatic heterocycles. The van der Waals surface area contributed by atoms with Crippen LogP contribution in [-0.2, 0) is 0 Å². The van der Waals surface area contributed by atoms with Gasteiger partial charge in [-0.25, -0.2) is 0 Å². The summed E-state index contributed by atoms with van der Waals surface area (Å²) in [6, 6.07) is 0. The zero-order chi connectivity index (χ0) is 9.68. The van der Waals surface area contributed by atoms with Crippen molar-refractivity contribution in [1.82, 2.24) is 9.80 Å². The maximum absolute atomic E-state index is 4.32. The Labute approximate surface area is 81.4 Å². The van der Waals surface area contributed by atoms with E-state index >= 15 is 0 Å². The van der Waals surface area contributed by atoms with Crippen LogP contribution in [0.4, 0.5) is 0 Å². The highest BCUT2D eigenvalue weighted by atomic mass is 15.2. The van der Waals surface area contributed by atoms with Crippen molar-refractivity contribution in [2.45, 2.75) is 13.3 Å². The van der Waals surface area contributed by atoms with Gasteiger partial charge in [-0.05, 0) is 33.0 Å². The molecule has 0 aromatic rings. The molecule has 0 saturated carbocycles. The molecule has 13 heavy (non-hydrogen) atoms. The first kappa shape index (κ1) is 10.7. The molecule has 3 heteroatoms. The Balaban J connectivity index is 2.08. The highest BCUT2D eigenvalue weighted by Crippen LogP contribution is 2.13. The molecule has 0 N–H and O–H groups in total. The minimum absolute atomic E-state index is 0.809. The van der Waals surface area contributed by atoms with E-state index in [1.807, 2.05) is 20.3 Å². The topological polar surface area (TPSA) is 18.8 Å². The number of hydrogen-bond acceptors (Lipinski definition) is 3. The second-order valence-electron chi connectivity index (χ2n) is 4.24. The number of nitrogens with zero attached hydrogens (tertiary/aromatic N) is 3. The van der Waals surface area contributed by atoms with E-state index in [-0.39, 0.29) is 0 Å². The van der Waals surface area contributed by atoms with Crippen LogP contribution < -0.4 is 0 Å².